The average molecular weight is 300 g/mol. The molecule has 0 atom stereocenters. The van der Waals surface area contributed by atoms with E-state index < -0.39 is 12.1 Å². The van der Waals surface area contributed by atoms with Crippen LogP contribution in [0.5, 0.6) is 17.2 Å². The number of nitrogens with zero attached hydrogens (tertiary/aromatic N) is 1. The zero-order chi connectivity index (χ0) is 15.6. The van der Waals surface area contributed by atoms with Crippen molar-refractivity contribution in [1.82, 2.24) is 4.98 Å². The number of phenols is 1. The first-order valence-electron chi connectivity index (χ1n) is 5.69. The minimum atomic E-state index is -4.83. The number of benzene rings is 1. The lowest BCUT2D eigenvalue weighted by atomic mass is 10.1. The highest BCUT2D eigenvalue weighted by Crippen LogP contribution is 2.39. The molecule has 0 aliphatic rings. The van der Waals surface area contributed by atoms with E-state index >= 15 is 0 Å². The summed E-state index contributed by atoms with van der Waals surface area (Å²) in [4.78, 5) is 3.98. The van der Waals surface area contributed by atoms with E-state index in [1.807, 2.05) is 0 Å². The Hall–Kier alpha value is -2.64. The Bertz CT molecular complexity index is 660. The van der Waals surface area contributed by atoms with Crippen molar-refractivity contribution in [3.63, 3.8) is 0 Å². The molecule has 0 amide bonds. The Balaban J connectivity index is 2.54. The van der Waals surface area contributed by atoms with Gasteiger partial charge in [0, 0.05) is 11.8 Å². The first-order chi connectivity index (χ1) is 9.81. The topological polar surface area (TPSA) is 77.6 Å². The fourth-order valence-corrected chi connectivity index (χ4v) is 1.77. The molecule has 0 saturated carbocycles. The van der Waals surface area contributed by atoms with Crippen LogP contribution < -0.4 is 15.2 Å². The minimum Gasteiger partial charge on any atom is -0.507 e. The third-order valence-corrected chi connectivity index (χ3v) is 2.60. The Kier molecular flexibility index (Phi) is 3.79. The Morgan fingerprint density at radius 2 is 1.95 bits per heavy atom. The minimum absolute atomic E-state index is 0.0147. The molecule has 0 radical (unpaired) electrons. The zero-order valence-corrected chi connectivity index (χ0v) is 10.8. The van der Waals surface area contributed by atoms with Crippen molar-refractivity contribution in [2.24, 2.45) is 0 Å². The summed E-state index contributed by atoms with van der Waals surface area (Å²) in [5, 5.41) is 9.82. The summed E-state index contributed by atoms with van der Waals surface area (Å²) in [6.07, 6.45) is -3.48. The standard InChI is InChI=1S/C13H11F3N2O3/c1-20-12-9(17)4-5-18-11(12)8-6-7(2-3-10(8)19)21-13(14,15)16/h2-6,19H,1H3,(H2,17,18). The molecular weight excluding hydrogens is 289 g/mol. The first-order valence-corrected chi connectivity index (χ1v) is 5.69. The summed E-state index contributed by atoms with van der Waals surface area (Å²) in [6.45, 7) is 0. The van der Waals surface area contributed by atoms with Crippen LogP contribution in [0.2, 0.25) is 0 Å². The molecule has 2 aromatic rings. The highest BCUT2D eigenvalue weighted by atomic mass is 19.4. The smallest absolute Gasteiger partial charge is 0.507 e. The second-order valence-electron chi connectivity index (χ2n) is 4.01. The summed E-state index contributed by atoms with van der Waals surface area (Å²) in [6, 6.07) is 4.54. The Labute approximate surface area is 117 Å². The van der Waals surface area contributed by atoms with Gasteiger partial charge in [-0.15, -0.1) is 13.2 Å². The van der Waals surface area contributed by atoms with Gasteiger partial charge in [-0.05, 0) is 24.3 Å². The van der Waals surface area contributed by atoms with Crippen LogP contribution in [0, 0.1) is 0 Å². The van der Waals surface area contributed by atoms with Gasteiger partial charge < -0.3 is 20.3 Å². The van der Waals surface area contributed by atoms with Crippen molar-refractivity contribution in [2.45, 2.75) is 6.36 Å². The quantitative estimate of drug-likeness (QED) is 0.911. The number of pyridine rings is 1. The van der Waals surface area contributed by atoms with Crippen molar-refractivity contribution in [2.75, 3.05) is 12.8 Å². The van der Waals surface area contributed by atoms with Gasteiger partial charge in [-0.1, -0.05) is 0 Å². The number of aromatic nitrogens is 1. The number of nitrogen functional groups attached to an aromatic ring is 1. The van der Waals surface area contributed by atoms with Crippen molar-refractivity contribution in [1.29, 1.82) is 0 Å². The Morgan fingerprint density at radius 3 is 2.57 bits per heavy atom. The number of hydrogen-bond acceptors (Lipinski definition) is 5. The maximum atomic E-state index is 12.2. The van der Waals surface area contributed by atoms with Crippen molar-refractivity contribution in [3.05, 3.63) is 30.5 Å². The predicted molar refractivity (Wildman–Crippen MR) is 69.0 cm³/mol. The number of nitrogens with two attached hydrogens (primary N) is 1. The van der Waals surface area contributed by atoms with E-state index in [1.54, 1.807) is 0 Å². The van der Waals surface area contributed by atoms with Gasteiger partial charge >= 0.3 is 6.36 Å². The molecule has 5 nitrogen and oxygen atoms in total. The van der Waals surface area contributed by atoms with Gasteiger partial charge in [0.25, 0.3) is 0 Å². The lowest BCUT2D eigenvalue weighted by Crippen LogP contribution is -2.17. The van der Waals surface area contributed by atoms with Gasteiger partial charge in [0.2, 0.25) is 0 Å². The number of methoxy groups -OCH3 is 1. The molecular formula is C13H11F3N2O3. The summed E-state index contributed by atoms with van der Waals surface area (Å²) >= 11 is 0. The Morgan fingerprint density at radius 1 is 1.24 bits per heavy atom. The van der Waals surface area contributed by atoms with Crippen molar-refractivity contribution >= 4 is 5.69 Å². The molecule has 1 aromatic carbocycles. The number of rotatable bonds is 3. The molecule has 0 unspecified atom stereocenters. The monoisotopic (exact) mass is 300 g/mol. The molecule has 0 spiro atoms. The largest absolute Gasteiger partial charge is 0.573 e. The van der Waals surface area contributed by atoms with Crippen LogP contribution in [0.15, 0.2) is 30.5 Å². The third-order valence-electron chi connectivity index (χ3n) is 2.60. The lowest BCUT2D eigenvalue weighted by molar-refractivity contribution is -0.274. The van der Waals surface area contributed by atoms with Crippen LogP contribution in [-0.2, 0) is 0 Å². The fourth-order valence-electron chi connectivity index (χ4n) is 1.77. The van der Waals surface area contributed by atoms with Gasteiger partial charge in [0.1, 0.15) is 17.2 Å². The molecule has 1 aromatic heterocycles. The normalized spacial score (nSPS) is 11.2. The predicted octanol–water partition coefficient (Wildman–Crippen LogP) is 2.94. The summed E-state index contributed by atoms with van der Waals surface area (Å²) < 4.78 is 45.6. The van der Waals surface area contributed by atoms with E-state index in [1.165, 1.54) is 19.4 Å². The average Bonchev–Trinajstić information content (AvgIpc) is 2.39. The highest BCUT2D eigenvalue weighted by molar-refractivity contribution is 5.78. The number of anilines is 1. The molecule has 3 N–H and O–H groups in total. The van der Waals surface area contributed by atoms with Gasteiger partial charge in [-0.3, -0.25) is 4.98 Å². The number of hydrogen-bond donors (Lipinski definition) is 2. The fraction of sp³-hybridized carbons (Fsp3) is 0.154. The van der Waals surface area contributed by atoms with E-state index in [2.05, 4.69) is 9.72 Å². The van der Waals surface area contributed by atoms with Crippen LogP contribution in [0.3, 0.4) is 0 Å². The van der Waals surface area contributed by atoms with E-state index in [9.17, 15) is 18.3 Å². The van der Waals surface area contributed by atoms with Crippen molar-refractivity contribution in [3.8, 4) is 28.5 Å². The molecule has 0 bridgehead atoms. The SMILES string of the molecule is COc1c(N)ccnc1-c1cc(OC(F)(F)F)ccc1O. The van der Waals surface area contributed by atoms with Crippen LogP contribution in [0.1, 0.15) is 0 Å². The van der Waals surface area contributed by atoms with Crippen LogP contribution >= 0.6 is 0 Å². The highest BCUT2D eigenvalue weighted by Gasteiger charge is 2.31. The van der Waals surface area contributed by atoms with Crippen molar-refractivity contribution < 1.29 is 27.8 Å². The molecule has 8 heteroatoms. The van der Waals surface area contributed by atoms with E-state index in [0.717, 1.165) is 18.2 Å². The first kappa shape index (κ1) is 14.8. The molecule has 112 valence electrons. The number of aromatic hydroxyl groups is 1. The van der Waals surface area contributed by atoms with Gasteiger partial charge in [-0.25, -0.2) is 0 Å². The zero-order valence-electron chi connectivity index (χ0n) is 10.8. The maximum Gasteiger partial charge on any atom is 0.573 e. The number of ether oxygens (including phenoxy) is 2. The molecule has 0 saturated heterocycles. The molecule has 2 rings (SSSR count). The van der Waals surface area contributed by atoms with Crippen LogP contribution in [0.4, 0.5) is 18.9 Å². The lowest BCUT2D eigenvalue weighted by Gasteiger charge is -2.13. The maximum absolute atomic E-state index is 12.2. The molecule has 21 heavy (non-hydrogen) atoms. The van der Waals surface area contributed by atoms with E-state index in [-0.39, 0.29) is 28.4 Å². The third kappa shape index (κ3) is 3.28. The van der Waals surface area contributed by atoms with E-state index in [0.29, 0.717) is 0 Å². The molecule has 0 aliphatic heterocycles. The number of halogens is 3. The van der Waals surface area contributed by atoms with Gasteiger partial charge in [0.05, 0.1) is 12.8 Å². The summed E-state index contributed by atoms with van der Waals surface area (Å²) in [5.74, 6) is -0.612. The second kappa shape index (κ2) is 5.39. The van der Waals surface area contributed by atoms with Crippen LogP contribution in [0.25, 0.3) is 11.3 Å². The number of alkyl halides is 3. The second-order valence-corrected chi connectivity index (χ2v) is 4.01. The van der Waals surface area contributed by atoms with Gasteiger partial charge in [-0.2, -0.15) is 0 Å². The summed E-state index contributed by atoms with van der Waals surface area (Å²) in [5.41, 5.74) is 6.07. The van der Waals surface area contributed by atoms with E-state index in [4.69, 9.17) is 10.5 Å². The summed E-state index contributed by atoms with van der Waals surface area (Å²) in [7, 11) is 1.34. The molecule has 1 heterocycles. The van der Waals surface area contributed by atoms with Gasteiger partial charge in [0.15, 0.2) is 5.75 Å². The number of phenolic OH excluding ortho intramolecular Hbond substituents is 1. The van der Waals surface area contributed by atoms with Crippen LogP contribution in [-0.4, -0.2) is 23.6 Å². The molecule has 0 fully saturated rings. The molecule has 0 aliphatic carbocycles.